The van der Waals surface area contributed by atoms with Crippen LogP contribution in [0.2, 0.25) is 0 Å². The molecule has 0 atom stereocenters. The molecule has 0 unspecified atom stereocenters. The third kappa shape index (κ3) is 4.65. The lowest BCUT2D eigenvalue weighted by atomic mass is 10.2. The van der Waals surface area contributed by atoms with Gasteiger partial charge in [0.1, 0.15) is 17.3 Å². The first-order valence-corrected chi connectivity index (χ1v) is 10.3. The Morgan fingerprint density at radius 2 is 1.97 bits per heavy atom. The minimum Gasteiger partial charge on any atom is -0.494 e. The largest absolute Gasteiger partial charge is 0.494 e. The molecular formula is C22H26N6O2. The van der Waals surface area contributed by atoms with Gasteiger partial charge >= 0.3 is 0 Å². The fourth-order valence-electron chi connectivity index (χ4n) is 3.63. The molecule has 1 aliphatic heterocycles. The van der Waals surface area contributed by atoms with Gasteiger partial charge in [0, 0.05) is 44.4 Å². The second-order valence-corrected chi connectivity index (χ2v) is 7.15. The molecule has 1 amide bonds. The summed E-state index contributed by atoms with van der Waals surface area (Å²) in [5, 5.41) is 11.5. The van der Waals surface area contributed by atoms with Gasteiger partial charge in [0.25, 0.3) is 5.91 Å². The molecular weight excluding hydrogens is 380 g/mol. The first-order valence-electron chi connectivity index (χ1n) is 10.3. The summed E-state index contributed by atoms with van der Waals surface area (Å²) in [5.74, 6) is 2.46. The average molecular weight is 406 g/mol. The molecule has 1 N–H and O–H groups in total. The lowest BCUT2D eigenvalue weighted by molar-refractivity contribution is 0.0944. The second-order valence-electron chi connectivity index (χ2n) is 7.15. The Bertz CT molecular complexity index is 988. The molecule has 0 radical (unpaired) electrons. The van der Waals surface area contributed by atoms with Crippen LogP contribution in [0, 0.1) is 0 Å². The molecule has 8 nitrogen and oxygen atoms in total. The molecule has 0 bridgehead atoms. The third-order valence-corrected chi connectivity index (χ3v) is 5.17. The van der Waals surface area contributed by atoms with Crippen LogP contribution in [0.5, 0.6) is 5.75 Å². The molecule has 0 spiro atoms. The zero-order valence-electron chi connectivity index (χ0n) is 17.1. The number of para-hydroxylation sites is 1. The summed E-state index contributed by atoms with van der Waals surface area (Å²) in [7, 11) is 0. The summed E-state index contributed by atoms with van der Waals surface area (Å²) in [5.41, 5.74) is 1.59. The molecule has 8 heteroatoms. The number of rotatable bonds is 7. The Balaban J connectivity index is 1.38. The molecule has 4 rings (SSSR count). The van der Waals surface area contributed by atoms with E-state index < -0.39 is 0 Å². The maximum absolute atomic E-state index is 12.3. The number of carbonyl (C=O) groups is 1. The average Bonchev–Trinajstić information content (AvgIpc) is 3.06. The van der Waals surface area contributed by atoms with Crippen LogP contribution in [0.15, 0.2) is 48.7 Å². The van der Waals surface area contributed by atoms with Gasteiger partial charge in [-0.2, -0.15) is 0 Å². The van der Waals surface area contributed by atoms with Gasteiger partial charge in [0.15, 0.2) is 5.82 Å². The van der Waals surface area contributed by atoms with E-state index in [1.54, 1.807) is 24.4 Å². The van der Waals surface area contributed by atoms with E-state index in [9.17, 15) is 4.79 Å². The van der Waals surface area contributed by atoms with Crippen molar-refractivity contribution in [3.63, 3.8) is 0 Å². The number of benzene rings is 1. The number of hydrogen-bond donors (Lipinski definition) is 1. The lowest BCUT2D eigenvalue weighted by Gasteiger charge is -2.21. The molecule has 1 aliphatic rings. The van der Waals surface area contributed by atoms with Crippen molar-refractivity contribution in [3.8, 4) is 5.75 Å². The van der Waals surface area contributed by atoms with Gasteiger partial charge in [-0.3, -0.25) is 14.7 Å². The topological polar surface area (TPSA) is 85.2 Å². The molecule has 0 aliphatic carbocycles. The van der Waals surface area contributed by atoms with Gasteiger partial charge < -0.3 is 14.6 Å². The Hall–Kier alpha value is -3.26. The van der Waals surface area contributed by atoms with Crippen molar-refractivity contribution >= 4 is 5.91 Å². The number of fused-ring (bicyclic) bond motifs is 1. The number of nitrogens with zero attached hydrogens (tertiary/aromatic N) is 5. The minimum atomic E-state index is -0.212. The van der Waals surface area contributed by atoms with E-state index >= 15 is 0 Å². The Labute approximate surface area is 175 Å². The highest BCUT2D eigenvalue weighted by atomic mass is 16.5. The smallest absolute Gasteiger partial charge is 0.270 e. The lowest BCUT2D eigenvalue weighted by Crippen LogP contribution is -2.28. The number of pyridine rings is 1. The highest BCUT2D eigenvalue weighted by Crippen LogP contribution is 2.21. The molecule has 1 aromatic carbocycles. The van der Waals surface area contributed by atoms with Crippen LogP contribution in [0.25, 0.3) is 0 Å². The monoisotopic (exact) mass is 406 g/mol. The van der Waals surface area contributed by atoms with Crippen LogP contribution >= 0.6 is 0 Å². The molecule has 3 aromatic rings. The number of ether oxygens (including phenoxy) is 1. The van der Waals surface area contributed by atoms with Gasteiger partial charge in [-0.1, -0.05) is 24.3 Å². The second kappa shape index (κ2) is 9.49. The van der Waals surface area contributed by atoms with Gasteiger partial charge in [-0.05, 0) is 25.1 Å². The van der Waals surface area contributed by atoms with E-state index in [1.807, 2.05) is 25.1 Å². The van der Waals surface area contributed by atoms with Crippen molar-refractivity contribution in [1.82, 2.24) is 30.0 Å². The van der Waals surface area contributed by atoms with Crippen LogP contribution in [0.1, 0.15) is 34.6 Å². The van der Waals surface area contributed by atoms with Crippen molar-refractivity contribution in [2.75, 3.05) is 19.7 Å². The number of amides is 1. The molecule has 3 heterocycles. The van der Waals surface area contributed by atoms with Crippen LogP contribution < -0.4 is 10.1 Å². The van der Waals surface area contributed by atoms with Crippen LogP contribution in [-0.2, 0) is 26.1 Å². The SMILES string of the molecule is CCOc1ccccc1CN1CCc2nnc(CNC(=O)c3ccccn3)n2CC1. The summed E-state index contributed by atoms with van der Waals surface area (Å²) < 4.78 is 7.89. The van der Waals surface area contributed by atoms with Gasteiger partial charge in [-0.25, -0.2) is 0 Å². The predicted octanol–water partition coefficient (Wildman–Crippen LogP) is 2.06. The first-order chi connectivity index (χ1) is 14.7. The highest BCUT2D eigenvalue weighted by molar-refractivity contribution is 5.92. The van der Waals surface area contributed by atoms with Crippen molar-refractivity contribution in [2.45, 2.75) is 33.0 Å². The first kappa shape index (κ1) is 20.0. The van der Waals surface area contributed by atoms with Crippen LogP contribution in [-0.4, -0.2) is 50.3 Å². The molecule has 2 aromatic heterocycles. The molecule has 0 saturated carbocycles. The predicted molar refractivity (Wildman–Crippen MR) is 112 cm³/mol. The fraction of sp³-hybridized carbons (Fsp3) is 0.364. The normalized spacial score (nSPS) is 14.0. The maximum Gasteiger partial charge on any atom is 0.270 e. The third-order valence-electron chi connectivity index (χ3n) is 5.17. The quantitative estimate of drug-likeness (QED) is 0.647. The molecule has 0 saturated heterocycles. The molecule has 156 valence electrons. The Morgan fingerprint density at radius 3 is 2.80 bits per heavy atom. The number of aromatic nitrogens is 4. The van der Waals surface area contributed by atoms with E-state index in [0.717, 1.165) is 50.0 Å². The molecule has 30 heavy (non-hydrogen) atoms. The number of hydrogen-bond acceptors (Lipinski definition) is 6. The molecule has 0 fully saturated rings. The number of nitrogens with one attached hydrogen (secondary N) is 1. The summed E-state index contributed by atoms with van der Waals surface area (Å²) >= 11 is 0. The summed E-state index contributed by atoms with van der Waals surface area (Å²) in [6, 6.07) is 13.5. The van der Waals surface area contributed by atoms with Crippen molar-refractivity contribution < 1.29 is 9.53 Å². The van der Waals surface area contributed by atoms with E-state index in [1.165, 1.54) is 5.56 Å². The zero-order chi connectivity index (χ0) is 20.8. The minimum absolute atomic E-state index is 0.212. The highest BCUT2D eigenvalue weighted by Gasteiger charge is 2.20. The van der Waals surface area contributed by atoms with Gasteiger partial charge in [0.2, 0.25) is 0 Å². The van der Waals surface area contributed by atoms with Crippen LogP contribution in [0.4, 0.5) is 0 Å². The number of carbonyl (C=O) groups excluding carboxylic acids is 1. The fourth-order valence-corrected chi connectivity index (χ4v) is 3.63. The standard InChI is InChI=1S/C22H26N6O2/c1-2-30-19-9-4-3-7-17(19)16-27-12-10-20-25-26-21(28(20)14-13-27)15-24-22(29)18-8-5-6-11-23-18/h3-9,11H,2,10,12-16H2,1H3,(H,24,29). The summed E-state index contributed by atoms with van der Waals surface area (Å²) in [6.07, 6.45) is 2.42. The van der Waals surface area contributed by atoms with E-state index in [2.05, 4.69) is 36.0 Å². The summed E-state index contributed by atoms with van der Waals surface area (Å²) in [6.45, 7) is 6.39. The van der Waals surface area contributed by atoms with E-state index in [4.69, 9.17) is 4.74 Å². The summed E-state index contributed by atoms with van der Waals surface area (Å²) in [4.78, 5) is 18.8. The van der Waals surface area contributed by atoms with Crippen molar-refractivity contribution in [2.24, 2.45) is 0 Å². The Morgan fingerprint density at radius 1 is 1.10 bits per heavy atom. The Kier molecular flexibility index (Phi) is 6.34. The van der Waals surface area contributed by atoms with E-state index in [0.29, 0.717) is 18.8 Å². The van der Waals surface area contributed by atoms with E-state index in [-0.39, 0.29) is 5.91 Å². The maximum atomic E-state index is 12.3. The zero-order valence-corrected chi connectivity index (χ0v) is 17.1. The van der Waals surface area contributed by atoms with Crippen molar-refractivity contribution in [3.05, 3.63) is 71.6 Å². The van der Waals surface area contributed by atoms with Gasteiger partial charge in [-0.15, -0.1) is 10.2 Å². The van der Waals surface area contributed by atoms with Gasteiger partial charge in [0.05, 0.1) is 13.2 Å². The van der Waals surface area contributed by atoms with Crippen molar-refractivity contribution in [1.29, 1.82) is 0 Å². The van der Waals surface area contributed by atoms with Crippen LogP contribution in [0.3, 0.4) is 0 Å².